The van der Waals surface area contributed by atoms with E-state index in [-0.39, 0.29) is 11.5 Å². The summed E-state index contributed by atoms with van der Waals surface area (Å²) in [5.74, 6) is 0.299. The third kappa shape index (κ3) is 12.0. The zero-order valence-corrected chi connectivity index (χ0v) is 17.9. The number of hydrogen-bond donors (Lipinski definition) is 0. The number of hydrogen-bond acceptors (Lipinski definition) is 4. The second kappa shape index (κ2) is 13.9. The second-order valence-corrected chi connectivity index (χ2v) is 9.05. The first-order valence-corrected chi connectivity index (χ1v) is 11.8. The van der Waals surface area contributed by atoms with Gasteiger partial charge in [0.05, 0.1) is 11.5 Å². The molecule has 154 valence electrons. The lowest BCUT2D eigenvalue weighted by molar-refractivity contribution is -0.117. The van der Waals surface area contributed by atoms with Gasteiger partial charge in [-0.1, -0.05) is 75.5 Å². The zero-order chi connectivity index (χ0) is 20.0. The van der Waals surface area contributed by atoms with Crippen molar-refractivity contribution in [3.63, 3.8) is 0 Å². The van der Waals surface area contributed by atoms with Crippen LogP contribution in [0.25, 0.3) is 0 Å². The predicted octanol–water partition coefficient (Wildman–Crippen LogP) is 5.97. The maximum absolute atomic E-state index is 12.0. The highest BCUT2D eigenvalue weighted by Crippen LogP contribution is 2.15. The van der Waals surface area contributed by atoms with Gasteiger partial charge in [0, 0.05) is 6.42 Å². The molecule has 1 aromatic carbocycles. The van der Waals surface area contributed by atoms with Gasteiger partial charge in [-0.2, -0.15) is 8.42 Å². The van der Waals surface area contributed by atoms with E-state index in [1.54, 1.807) is 31.2 Å². The van der Waals surface area contributed by atoms with E-state index in [0.717, 1.165) is 37.7 Å². The van der Waals surface area contributed by atoms with Crippen LogP contribution in [-0.2, 0) is 19.1 Å². The minimum atomic E-state index is -3.62. The van der Waals surface area contributed by atoms with Crippen LogP contribution in [0.3, 0.4) is 0 Å². The number of unbranched alkanes of at least 4 members (excludes halogenated alkanes) is 10. The Hall–Kier alpha value is -1.20. The third-order valence-electron chi connectivity index (χ3n) is 4.72. The molecule has 0 amide bonds. The molecule has 0 saturated heterocycles. The molecule has 0 bridgehead atoms. The van der Waals surface area contributed by atoms with Crippen LogP contribution in [0.2, 0.25) is 0 Å². The lowest BCUT2D eigenvalue weighted by Gasteiger charge is -2.06. The Balaban J connectivity index is 1.93. The van der Waals surface area contributed by atoms with E-state index < -0.39 is 10.1 Å². The maximum atomic E-state index is 12.0. The number of carbonyl (C=O) groups excluding carboxylic acids is 1. The fourth-order valence-electron chi connectivity index (χ4n) is 3.01. The summed E-state index contributed by atoms with van der Waals surface area (Å²) in [6.07, 6.45) is 13.4. The predicted molar refractivity (Wildman–Crippen MR) is 110 cm³/mol. The van der Waals surface area contributed by atoms with Crippen LogP contribution >= 0.6 is 0 Å². The van der Waals surface area contributed by atoms with Crippen LogP contribution in [-0.4, -0.2) is 20.8 Å². The van der Waals surface area contributed by atoms with Crippen LogP contribution < -0.4 is 0 Å². The Morgan fingerprint density at radius 1 is 0.778 bits per heavy atom. The number of aryl methyl sites for hydroxylation is 1. The summed E-state index contributed by atoms with van der Waals surface area (Å²) in [5.41, 5.74) is 1.03. The van der Waals surface area contributed by atoms with Gasteiger partial charge in [0.25, 0.3) is 10.1 Å². The van der Waals surface area contributed by atoms with E-state index >= 15 is 0 Å². The van der Waals surface area contributed by atoms with Crippen LogP contribution in [0.5, 0.6) is 0 Å². The standard InChI is InChI=1S/C22H36O4S/c1-20-15-17-22(18-16-20)27(24,25)26-19-13-11-9-7-5-3-4-6-8-10-12-14-21(2)23/h15-18H,3-14,19H2,1-2H3. The van der Waals surface area contributed by atoms with E-state index in [4.69, 9.17) is 4.18 Å². The fraction of sp³-hybridized carbons (Fsp3) is 0.682. The Bertz CT molecular complexity index is 620. The van der Waals surface area contributed by atoms with Gasteiger partial charge in [0.1, 0.15) is 5.78 Å². The molecule has 0 aliphatic heterocycles. The molecule has 0 N–H and O–H groups in total. The molecule has 0 spiro atoms. The van der Waals surface area contributed by atoms with Gasteiger partial charge in [0.2, 0.25) is 0 Å². The van der Waals surface area contributed by atoms with E-state index in [9.17, 15) is 13.2 Å². The topological polar surface area (TPSA) is 60.4 Å². The van der Waals surface area contributed by atoms with Crippen molar-refractivity contribution >= 4 is 15.9 Å². The third-order valence-corrected chi connectivity index (χ3v) is 6.05. The van der Waals surface area contributed by atoms with Gasteiger partial charge >= 0.3 is 0 Å². The van der Waals surface area contributed by atoms with Crippen LogP contribution in [0.1, 0.15) is 89.5 Å². The molecule has 0 saturated carbocycles. The highest BCUT2D eigenvalue weighted by Gasteiger charge is 2.14. The quantitative estimate of drug-likeness (QED) is 0.255. The summed E-state index contributed by atoms with van der Waals surface area (Å²) in [6, 6.07) is 6.74. The summed E-state index contributed by atoms with van der Waals surface area (Å²) < 4.78 is 29.2. The van der Waals surface area contributed by atoms with Crippen LogP contribution in [0, 0.1) is 6.92 Å². The molecule has 4 nitrogen and oxygen atoms in total. The van der Waals surface area contributed by atoms with Crippen molar-refractivity contribution in [1.29, 1.82) is 0 Å². The van der Waals surface area contributed by atoms with Gasteiger partial charge in [-0.25, -0.2) is 0 Å². The summed E-state index contributed by atoms with van der Waals surface area (Å²) in [5, 5.41) is 0. The molecule has 0 radical (unpaired) electrons. The smallest absolute Gasteiger partial charge is 0.296 e. The Morgan fingerprint density at radius 2 is 1.22 bits per heavy atom. The van der Waals surface area contributed by atoms with Gasteiger partial charge in [-0.3, -0.25) is 4.18 Å². The van der Waals surface area contributed by atoms with E-state index in [1.165, 1.54) is 44.9 Å². The highest BCUT2D eigenvalue weighted by molar-refractivity contribution is 7.86. The highest BCUT2D eigenvalue weighted by atomic mass is 32.2. The van der Waals surface area contributed by atoms with Crippen molar-refractivity contribution in [2.24, 2.45) is 0 Å². The largest absolute Gasteiger partial charge is 0.300 e. The molecule has 5 heteroatoms. The van der Waals surface area contributed by atoms with Gasteiger partial charge in [0.15, 0.2) is 0 Å². The number of rotatable bonds is 16. The summed E-state index contributed by atoms with van der Waals surface area (Å²) in [7, 11) is -3.62. The van der Waals surface area contributed by atoms with Crippen molar-refractivity contribution in [3.05, 3.63) is 29.8 Å². The molecule has 0 heterocycles. The van der Waals surface area contributed by atoms with Crippen molar-refractivity contribution in [3.8, 4) is 0 Å². The van der Waals surface area contributed by atoms with Crippen molar-refractivity contribution in [2.75, 3.05) is 6.61 Å². The average molecular weight is 397 g/mol. The molecule has 1 rings (SSSR count). The molecule has 1 aromatic rings. The van der Waals surface area contributed by atoms with E-state index in [2.05, 4.69) is 0 Å². The molecular weight excluding hydrogens is 360 g/mol. The van der Waals surface area contributed by atoms with Crippen molar-refractivity contribution in [1.82, 2.24) is 0 Å². The SMILES string of the molecule is CC(=O)CCCCCCCCCCCCCOS(=O)(=O)c1ccc(C)cc1. The minimum Gasteiger partial charge on any atom is -0.300 e. The van der Waals surface area contributed by atoms with Crippen LogP contribution in [0.4, 0.5) is 0 Å². The molecule has 0 fully saturated rings. The first kappa shape index (κ1) is 23.8. The van der Waals surface area contributed by atoms with Crippen molar-refractivity contribution in [2.45, 2.75) is 95.8 Å². The molecule has 0 unspecified atom stereocenters. The number of Topliss-reactive ketones (excluding diaryl/α,β-unsaturated/α-hetero) is 1. The van der Waals surface area contributed by atoms with Crippen LogP contribution in [0.15, 0.2) is 29.2 Å². The van der Waals surface area contributed by atoms with Gasteiger partial charge in [-0.15, -0.1) is 0 Å². The lowest BCUT2D eigenvalue weighted by Crippen LogP contribution is -2.07. The molecular formula is C22H36O4S. The molecule has 0 aliphatic carbocycles. The average Bonchev–Trinajstić information content (AvgIpc) is 2.62. The summed E-state index contributed by atoms with van der Waals surface area (Å²) in [6.45, 7) is 3.85. The van der Waals surface area contributed by atoms with Gasteiger partial charge in [-0.05, 0) is 38.8 Å². The summed E-state index contributed by atoms with van der Waals surface area (Å²) in [4.78, 5) is 11.1. The molecule has 0 aromatic heterocycles. The Morgan fingerprint density at radius 3 is 1.70 bits per heavy atom. The second-order valence-electron chi connectivity index (χ2n) is 7.43. The van der Waals surface area contributed by atoms with E-state index in [1.807, 2.05) is 6.92 Å². The number of ketones is 1. The lowest BCUT2D eigenvalue weighted by atomic mass is 10.0. The first-order chi connectivity index (χ1) is 12.9. The Kier molecular flexibility index (Phi) is 12.3. The normalized spacial score (nSPS) is 11.6. The molecule has 0 atom stereocenters. The minimum absolute atomic E-state index is 0.231. The Labute approximate surface area is 165 Å². The fourth-order valence-corrected chi connectivity index (χ4v) is 3.95. The number of benzene rings is 1. The zero-order valence-electron chi connectivity index (χ0n) is 17.0. The maximum Gasteiger partial charge on any atom is 0.296 e. The summed E-state index contributed by atoms with van der Waals surface area (Å²) >= 11 is 0. The first-order valence-electron chi connectivity index (χ1n) is 10.4. The van der Waals surface area contributed by atoms with Gasteiger partial charge < -0.3 is 4.79 Å². The molecule has 27 heavy (non-hydrogen) atoms. The van der Waals surface area contributed by atoms with E-state index in [0.29, 0.717) is 5.78 Å². The number of carbonyl (C=O) groups is 1. The molecule has 0 aliphatic rings. The van der Waals surface area contributed by atoms with Crippen molar-refractivity contribution < 1.29 is 17.4 Å². The monoisotopic (exact) mass is 396 g/mol.